The third-order valence-electron chi connectivity index (χ3n) is 3.68. The molecule has 2 aromatic carbocycles. The van der Waals surface area contributed by atoms with Crippen LogP contribution in [0.3, 0.4) is 0 Å². The van der Waals surface area contributed by atoms with Gasteiger partial charge in [-0.1, -0.05) is 30.7 Å². The third kappa shape index (κ3) is 3.91. The lowest BCUT2D eigenvalue weighted by Crippen LogP contribution is -2.38. The number of hydrogen-bond acceptors (Lipinski definition) is 3. The first-order valence-corrected chi connectivity index (χ1v) is 8.90. The number of benzene rings is 2. The van der Waals surface area contributed by atoms with E-state index in [1.807, 2.05) is 31.2 Å². The maximum Gasteiger partial charge on any atom is 0.244 e. The van der Waals surface area contributed by atoms with Gasteiger partial charge in [0.15, 0.2) is 0 Å². The Kier molecular flexibility index (Phi) is 5.11. The monoisotopic (exact) mass is 360 g/mol. The number of nitrogens with zero attached hydrogens (tertiary/aromatic N) is 1. The van der Waals surface area contributed by atoms with Crippen LogP contribution in [0.2, 0.25) is 5.02 Å². The van der Waals surface area contributed by atoms with Crippen LogP contribution in [-0.2, 0) is 9.59 Å². The summed E-state index contributed by atoms with van der Waals surface area (Å²) in [6.07, 6.45) is 0.410. The Hall–Kier alpha value is -1.98. The molecule has 2 aromatic rings. The molecule has 1 unspecified atom stereocenters. The molecule has 0 fully saturated rings. The Bertz CT molecular complexity index is 764. The van der Waals surface area contributed by atoms with E-state index >= 15 is 0 Å². The summed E-state index contributed by atoms with van der Waals surface area (Å²) in [5, 5.41) is 3.59. The van der Waals surface area contributed by atoms with Crippen LogP contribution in [0.25, 0.3) is 0 Å². The molecular formula is C18H17ClN2O2S. The molecule has 6 heteroatoms. The van der Waals surface area contributed by atoms with E-state index in [4.69, 9.17) is 11.6 Å². The first kappa shape index (κ1) is 16.9. The van der Waals surface area contributed by atoms with Crippen molar-refractivity contribution in [3.63, 3.8) is 0 Å². The third-order valence-corrected chi connectivity index (χ3v) is 5.10. The normalized spacial score (nSPS) is 17.2. The van der Waals surface area contributed by atoms with E-state index in [2.05, 4.69) is 5.32 Å². The number of hydrogen-bond donors (Lipinski definition) is 1. The zero-order valence-electron chi connectivity index (χ0n) is 13.2. The minimum atomic E-state index is -0.236. The first-order chi connectivity index (χ1) is 11.5. The molecule has 0 saturated heterocycles. The van der Waals surface area contributed by atoms with Crippen molar-refractivity contribution in [1.29, 1.82) is 0 Å². The fraction of sp³-hybridized carbons (Fsp3) is 0.222. The lowest BCUT2D eigenvalue weighted by Gasteiger charge is -2.22. The van der Waals surface area contributed by atoms with E-state index in [1.54, 1.807) is 40.9 Å². The van der Waals surface area contributed by atoms with Crippen LogP contribution >= 0.6 is 23.4 Å². The molecule has 0 radical (unpaired) electrons. The van der Waals surface area contributed by atoms with Gasteiger partial charge in [0.1, 0.15) is 6.54 Å². The van der Waals surface area contributed by atoms with Crippen molar-refractivity contribution in [1.82, 2.24) is 0 Å². The van der Waals surface area contributed by atoms with Crippen molar-refractivity contribution < 1.29 is 9.59 Å². The van der Waals surface area contributed by atoms with Gasteiger partial charge in [-0.05, 0) is 36.4 Å². The summed E-state index contributed by atoms with van der Waals surface area (Å²) in [6.45, 7) is 2.02. The van der Waals surface area contributed by atoms with Gasteiger partial charge in [-0.15, -0.1) is 11.8 Å². The van der Waals surface area contributed by atoms with Crippen molar-refractivity contribution in [3.05, 3.63) is 53.6 Å². The van der Waals surface area contributed by atoms with Crippen molar-refractivity contribution in [2.24, 2.45) is 0 Å². The quantitative estimate of drug-likeness (QED) is 0.892. The molecule has 0 aliphatic carbocycles. The van der Waals surface area contributed by atoms with Crippen LogP contribution in [0.4, 0.5) is 11.4 Å². The van der Waals surface area contributed by atoms with Crippen molar-refractivity contribution in [3.8, 4) is 0 Å². The molecule has 1 aliphatic rings. The number of para-hydroxylation sites is 1. The molecule has 4 nitrogen and oxygen atoms in total. The van der Waals surface area contributed by atoms with Crippen molar-refractivity contribution >= 4 is 46.6 Å². The number of rotatable bonds is 3. The summed E-state index contributed by atoms with van der Waals surface area (Å²) in [5.41, 5.74) is 1.45. The largest absolute Gasteiger partial charge is 0.325 e. The highest BCUT2D eigenvalue weighted by Crippen LogP contribution is 2.37. The molecule has 24 heavy (non-hydrogen) atoms. The smallest absolute Gasteiger partial charge is 0.244 e. The standard InChI is InChI=1S/C18H17ClN2O2S/c1-12-10-18(23)21(15-4-2-3-5-16(15)24-12)11-17(22)20-14-8-6-13(19)7-9-14/h2-9,12H,10-11H2,1H3,(H,20,22). The average molecular weight is 361 g/mol. The van der Waals surface area contributed by atoms with Crippen LogP contribution in [0.5, 0.6) is 0 Å². The van der Waals surface area contributed by atoms with Gasteiger partial charge in [0, 0.05) is 27.3 Å². The van der Waals surface area contributed by atoms with Gasteiger partial charge >= 0.3 is 0 Å². The van der Waals surface area contributed by atoms with E-state index in [-0.39, 0.29) is 23.6 Å². The Balaban J connectivity index is 1.78. The summed E-state index contributed by atoms with van der Waals surface area (Å²) in [5.74, 6) is -0.272. The number of carbonyl (C=O) groups is 2. The molecule has 0 aromatic heterocycles. The van der Waals surface area contributed by atoms with Crippen molar-refractivity contribution in [2.45, 2.75) is 23.5 Å². The number of amides is 2. The summed E-state index contributed by atoms with van der Waals surface area (Å²) in [7, 11) is 0. The maximum atomic E-state index is 12.5. The number of nitrogens with one attached hydrogen (secondary N) is 1. The topological polar surface area (TPSA) is 49.4 Å². The fourth-order valence-corrected chi connectivity index (χ4v) is 3.82. The predicted molar refractivity (Wildman–Crippen MR) is 98.8 cm³/mol. The van der Waals surface area contributed by atoms with Crippen LogP contribution in [0.15, 0.2) is 53.4 Å². The Morgan fingerprint density at radius 1 is 1.25 bits per heavy atom. The minimum absolute atomic E-state index is 0.00818. The molecule has 1 atom stereocenters. The minimum Gasteiger partial charge on any atom is -0.325 e. The number of anilines is 2. The molecule has 1 N–H and O–H groups in total. The van der Waals surface area contributed by atoms with Gasteiger partial charge in [-0.3, -0.25) is 9.59 Å². The SMILES string of the molecule is CC1CC(=O)N(CC(=O)Nc2ccc(Cl)cc2)c2ccccc2S1. The van der Waals surface area contributed by atoms with Crippen LogP contribution in [-0.4, -0.2) is 23.6 Å². The van der Waals surface area contributed by atoms with E-state index in [0.717, 1.165) is 10.6 Å². The predicted octanol–water partition coefficient (Wildman–Crippen LogP) is 4.20. The number of fused-ring (bicyclic) bond motifs is 1. The van der Waals surface area contributed by atoms with Crippen LogP contribution in [0.1, 0.15) is 13.3 Å². The summed E-state index contributed by atoms with van der Waals surface area (Å²) >= 11 is 7.51. The van der Waals surface area contributed by atoms with E-state index in [0.29, 0.717) is 17.1 Å². The lowest BCUT2D eigenvalue weighted by atomic mass is 10.2. The highest BCUT2D eigenvalue weighted by atomic mass is 35.5. The zero-order valence-corrected chi connectivity index (χ0v) is 14.7. The van der Waals surface area contributed by atoms with E-state index < -0.39 is 0 Å². The first-order valence-electron chi connectivity index (χ1n) is 7.64. The Labute approximate surface area is 150 Å². The molecule has 124 valence electrons. The summed E-state index contributed by atoms with van der Waals surface area (Å²) in [6, 6.07) is 14.6. The summed E-state index contributed by atoms with van der Waals surface area (Å²) in [4.78, 5) is 27.5. The highest BCUT2D eigenvalue weighted by molar-refractivity contribution is 8.00. The van der Waals surface area contributed by atoms with E-state index in [1.165, 1.54) is 0 Å². The Morgan fingerprint density at radius 2 is 1.96 bits per heavy atom. The second-order valence-corrected chi connectivity index (χ2v) is 7.55. The summed E-state index contributed by atoms with van der Waals surface area (Å²) < 4.78 is 0. The van der Waals surface area contributed by atoms with Crippen molar-refractivity contribution in [2.75, 3.05) is 16.8 Å². The molecule has 2 amide bonds. The van der Waals surface area contributed by atoms with Gasteiger partial charge in [0.25, 0.3) is 0 Å². The van der Waals surface area contributed by atoms with Crippen LogP contribution in [0, 0.1) is 0 Å². The van der Waals surface area contributed by atoms with Gasteiger partial charge in [0.05, 0.1) is 5.69 Å². The molecule has 0 saturated carbocycles. The number of thioether (sulfide) groups is 1. The van der Waals surface area contributed by atoms with Gasteiger partial charge < -0.3 is 10.2 Å². The molecule has 1 aliphatic heterocycles. The molecular weight excluding hydrogens is 344 g/mol. The van der Waals surface area contributed by atoms with Crippen LogP contribution < -0.4 is 10.2 Å². The van der Waals surface area contributed by atoms with Gasteiger partial charge in [0.2, 0.25) is 11.8 Å². The second kappa shape index (κ2) is 7.28. The molecule has 3 rings (SSSR count). The maximum absolute atomic E-state index is 12.5. The zero-order chi connectivity index (χ0) is 17.1. The number of carbonyl (C=O) groups excluding carboxylic acids is 2. The second-order valence-electron chi connectivity index (χ2n) is 5.64. The Morgan fingerprint density at radius 3 is 2.71 bits per heavy atom. The number of halogens is 1. The average Bonchev–Trinajstić information content (AvgIpc) is 2.66. The molecule has 1 heterocycles. The highest BCUT2D eigenvalue weighted by Gasteiger charge is 2.27. The molecule has 0 spiro atoms. The van der Waals surface area contributed by atoms with Gasteiger partial charge in [-0.2, -0.15) is 0 Å². The van der Waals surface area contributed by atoms with Gasteiger partial charge in [-0.25, -0.2) is 0 Å². The lowest BCUT2D eigenvalue weighted by molar-refractivity contribution is -0.121. The fourth-order valence-electron chi connectivity index (χ4n) is 2.58. The van der Waals surface area contributed by atoms with E-state index in [9.17, 15) is 9.59 Å². The molecule has 0 bridgehead atoms.